The lowest BCUT2D eigenvalue weighted by molar-refractivity contribution is 0.0963. The smallest absolute Gasteiger partial charge is 0.251 e. The number of carbonyl (C=O) groups is 1. The van der Waals surface area contributed by atoms with Gasteiger partial charge in [0.05, 0.1) is 0 Å². The number of aryl methyl sites for hydroxylation is 1. The number of anilines is 1. The van der Waals surface area contributed by atoms with Crippen molar-refractivity contribution in [1.82, 2.24) is 16.0 Å². The molecule has 2 rings (SSSR count). The van der Waals surface area contributed by atoms with E-state index in [1.54, 1.807) is 14.1 Å². The minimum Gasteiger partial charge on any atom is -0.370 e. The van der Waals surface area contributed by atoms with Gasteiger partial charge in [-0.15, -0.1) is 24.0 Å². The number of hydrogen-bond donors (Lipinski definition) is 3. The third kappa shape index (κ3) is 8.22. The van der Waals surface area contributed by atoms with Crippen LogP contribution in [0.25, 0.3) is 0 Å². The molecular formula is C23H34IN5O. The van der Waals surface area contributed by atoms with Crippen LogP contribution in [0.3, 0.4) is 0 Å². The highest BCUT2D eigenvalue weighted by Gasteiger charge is 2.06. The highest BCUT2D eigenvalue weighted by Crippen LogP contribution is 2.14. The standard InChI is InChI=1S/C23H33N5O.HI/c1-5-28(21-11-6-8-18(2)16-21)15-14-27-23(25-4)26-13-12-19-9-7-10-20(17-19)22(29)24-3;/h6-11,16-17H,5,12-15H2,1-4H3,(H,24,29)(H2,25,26,27);1H. The number of benzene rings is 2. The van der Waals surface area contributed by atoms with Crippen molar-refractivity contribution in [3.63, 3.8) is 0 Å². The van der Waals surface area contributed by atoms with Gasteiger partial charge in [0.15, 0.2) is 5.96 Å². The lowest BCUT2D eigenvalue weighted by Gasteiger charge is -2.24. The second-order valence-electron chi connectivity index (χ2n) is 6.87. The third-order valence-corrected chi connectivity index (χ3v) is 4.77. The number of amides is 1. The molecule has 0 bridgehead atoms. The Hall–Kier alpha value is -2.29. The molecule has 0 aliphatic rings. The van der Waals surface area contributed by atoms with Gasteiger partial charge in [-0.1, -0.05) is 24.3 Å². The molecule has 0 aliphatic carbocycles. The third-order valence-electron chi connectivity index (χ3n) is 4.77. The van der Waals surface area contributed by atoms with Gasteiger partial charge in [-0.3, -0.25) is 9.79 Å². The summed E-state index contributed by atoms with van der Waals surface area (Å²) in [5.74, 6) is 0.721. The van der Waals surface area contributed by atoms with Crippen LogP contribution in [-0.2, 0) is 6.42 Å². The van der Waals surface area contributed by atoms with E-state index in [9.17, 15) is 4.79 Å². The van der Waals surface area contributed by atoms with E-state index in [4.69, 9.17) is 0 Å². The fraction of sp³-hybridized carbons (Fsp3) is 0.391. The first kappa shape index (κ1) is 25.7. The summed E-state index contributed by atoms with van der Waals surface area (Å²) < 4.78 is 0. The summed E-state index contributed by atoms with van der Waals surface area (Å²) in [5, 5.41) is 9.37. The zero-order valence-electron chi connectivity index (χ0n) is 18.4. The lowest BCUT2D eigenvalue weighted by atomic mass is 10.1. The van der Waals surface area contributed by atoms with E-state index in [1.165, 1.54) is 11.3 Å². The molecule has 0 saturated carbocycles. The maximum atomic E-state index is 11.8. The average molecular weight is 523 g/mol. The maximum Gasteiger partial charge on any atom is 0.251 e. The van der Waals surface area contributed by atoms with Crippen molar-refractivity contribution in [1.29, 1.82) is 0 Å². The zero-order valence-corrected chi connectivity index (χ0v) is 20.7. The maximum absolute atomic E-state index is 11.8. The molecule has 3 N–H and O–H groups in total. The normalized spacial score (nSPS) is 10.7. The van der Waals surface area contributed by atoms with Crippen LogP contribution >= 0.6 is 24.0 Å². The molecule has 0 aliphatic heterocycles. The van der Waals surface area contributed by atoms with Crippen LogP contribution in [0, 0.1) is 6.92 Å². The van der Waals surface area contributed by atoms with Crippen LogP contribution in [0.1, 0.15) is 28.4 Å². The van der Waals surface area contributed by atoms with Crippen molar-refractivity contribution in [3.8, 4) is 0 Å². The van der Waals surface area contributed by atoms with Gasteiger partial charge in [-0.05, 0) is 55.7 Å². The van der Waals surface area contributed by atoms with Crippen molar-refractivity contribution in [2.24, 2.45) is 4.99 Å². The SMILES string of the molecule is CCN(CCNC(=NC)NCCc1cccc(C(=O)NC)c1)c1cccc(C)c1.I. The second kappa shape index (κ2) is 13.8. The Labute approximate surface area is 197 Å². The van der Waals surface area contributed by atoms with Crippen molar-refractivity contribution >= 4 is 41.5 Å². The zero-order chi connectivity index (χ0) is 21.1. The molecule has 2 aromatic rings. The predicted molar refractivity (Wildman–Crippen MR) is 137 cm³/mol. The van der Waals surface area contributed by atoms with Gasteiger partial charge in [0, 0.05) is 51.5 Å². The first-order chi connectivity index (χ1) is 14.1. The summed E-state index contributed by atoms with van der Waals surface area (Å²) in [5.41, 5.74) is 4.31. The summed E-state index contributed by atoms with van der Waals surface area (Å²) in [6.07, 6.45) is 0.815. The van der Waals surface area contributed by atoms with Crippen LogP contribution in [-0.4, -0.2) is 52.1 Å². The van der Waals surface area contributed by atoms with E-state index >= 15 is 0 Å². The fourth-order valence-electron chi connectivity index (χ4n) is 3.16. The molecule has 6 nitrogen and oxygen atoms in total. The summed E-state index contributed by atoms with van der Waals surface area (Å²) in [6.45, 7) is 7.68. The van der Waals surface area contributed by atoms with E-state index in [0.29, 0.717) is 5.56 Å². The summed E-state index contributed by atoms with van der Waals surface area (Å²) >= 11 is 0. The highest BCUT2D eigenvalue weighted by molar-refractivity contribution is 14.0. The van der Waals surface area contributed by atoms with E-state index < -0.39 is 0 Å². The fourth-order valence-corrected chi connectivity index (χ4v) is 3.16. The average Bonchev–Trinajstić information content (AvgIpc) is 2.75. The Morgan fingerprint density at radius 3 is 2.47 bits per heavy atom. The molecule has 0 saturated heterocycles. The van der Waals surface area contributed by atoms with Crippen molar-refractivity contribution in [2.75, 3.05) is 45.2 Å². The molecule has 2 aromatic carbocycles. The molecule has 0 spiro atoms. The highest BCUT2D eigenvalue weighted by atomic mass is 127. The van der Waals surface area contributed by atoms with Crippen molar-refractivity contribution < 1.29 is 4.79 Å². The number of carbonyl (C=O) groups excluding carboxylic acids is 1. The molecule has 1 amide bonds. The minimum atomic E-state index is -0.0635. The Morgan fingerprint density at radius 2 is 1.80 bits per heavy atom. The first-order valence-electron chi connectivity index (χ1n) is 10.1. The quantitative estimate of drug-likeness (QED) is 0.268. The molecule has 0 heterocycles. The van der Waals surface area contributed by atoms with Gasteiger partial charge >= 0.3 is 0 Å². The van der Waals surface area contributed by atoms with Gasteiger partial charge in [0.2, 0.25) is 0 Å². The molecule has 0 atom stereocenters. The number of aliphatic imine (C=N–C) groups is 1. The topological polar surface area (TPSA) is 68.8 Å². The van der Waals surface area contributed by atoms with Crippen molar-refractivity contribution in [3.05, 3.63) is 65.2 Å². The predicted octanol–water partition coefficient (Wildman–Crippen LogP) is 3.21. The van der Waals surface area contributed by atoms with Crippen LogP contribution in [0.5, 0.6) is 0 Å². The summed E-state index contributed by atoms with van der Waals surface area (Å²) in [7, 11) is 3.42. The Kier molecular flexibility index (Phi) is 11.9. The molecule has 0 aromatic heterocycles. The molecule has 0 fully saturated rings. The molecule has 164 valence electrons. The monoisotopic (exact) mass is 523 g/mol. The van der Waals surface area contributed by atoms with Crippen LogP contribution < -0.4 is 20.9 Å². The van der Waals surface area contributed by atoms with E-state index in [2.05, 4.69) is 64.0 Å². The van der Waals surface area contributed by atoms with Crippen LogP contribution in [0.2, 0.25) is 0 Å². The number of likely N-dealkylation sites (N-methyl/N-ethyl adjacent to an activating group) is 1. The molecule has 0 radical (unpaired) electrons. The summed E-state index contributed by atoms with van der Waals surface area (Å²) in [4.78, 5) is 18.4. The number of halogens is 1. The summed E-state index contributed by atoms with van der Waals surface area (Å²) in [6, 6.07) is 16.3. The van der Waals surface area contributed by atoms with Gasteiger partial charge in [-0.25, -0.2) is 0 Å². The molecule has 7 heteroatoms. The Morgan fingerprint density at radius 1 is 1.07 bits per heavy atom. The van der Waals surface area contributed by atoms with Gasteiger partial charge < -0.3 is 20.9 Å². The first-order valence-corrected chi connectivity index (χ1v) is 10.1. The van der Waals surface area contributed by atoms with E-state index in [0.717, 1.165) is 44.1 Å². The van der Waals surface area contributed by atoms with E-state index in [1.807, 2.05) is 24.3 Å². The minimum absolute atomic E-state index is 0. The number of hydrogen-bond acceptors (Lipinski definition) is 3. The molecule has 30 heavy (non-hydrogen) atoms. The van der Waals surface area contributed by atoms with Gasteiger partial charge in [0.25, 0.3) is 5.91 Å². The number of nitrogens with one attached hydrogen (secondary N) is 3. The number of nitrogens with zero attached hydrogens (tertiary/aromatic N) is 2. The molecule has 0 unspecified atom stereocenters. The second-order valence-corrected chi connectivity index (χ2v) is 6.87. The van der Waals surface area contributed by atoms with Crippen LogP contribution in [0.15, 0.2) is 53.5 Å². The van der Waals surface area contributed by atoms with Crippen molar-refractivity contribution in [2.45, 2.75) is 20.3 Å². The Bertz CT molecular complexity index is 825. The number of guanidine groups is 1. The molecular weight excluding hydrogens is 489 g/mol. The largest absolute Gasteiger partial charge is 0.370 e. The Balaban J connectivity index is 0.00000450. The van der Waals surface area contributed by atoms with Crippen LogP contribution in [0.4, 0.5) is 5.69 Å². The van der Waals surface area contributed by atoms with Gasteiger partial charge in [-0.2, -0.15) is 0 Å². The lowest BCUT2D eigenvalue weighted by Crippen LogP contribution is -2.42. The number of rotatable bonds is 9. The van der Waals surface area contributed by atoms with Gasteiger partial charge in [0.1, 0.15) is 0 Å². The van der Waals surface area contributed by atoms with E-state index in [-0.39, 0.29) is 29.9 Å².